The van der Waals surface area contributed by atoms with Crippen molar-refractivity contribution < 1.29 is 8.81 Å². The summed E-state index contributed by atoms with van der Waals surface area (Å²) in [7, 11) is 0. The Labute approximate surface area is 99.8 Å². The zero-order chi connectivity index (χ0) is 11.7. The molecular weight excluding hydrogens is 217 g/mol. The molecule has 1 aliphatic carbocycles. The summed E-state index contributed by atoms with van der Waals surface area (Å²) in [6.45, 7) is 0.765. The number of benzene rings is 1. The predicted octanol–water partition coefficient (Wildman–Crippen LogP) is 3.60. The first-order valence-corrected chi connectivity index (χ1v) is 6.22. The molecule has 3 heteroatoms. The van der Waals surface area contributed by atoms with Gasteiger partial charge in [-0.25, -0.2) is 4.39 Å². The molecule has 3 rings (SSSR count). The second-order valence-electron chi connectivity index (χ2n) is 4.76. The van der Waals surface area contributed by atoms with E-state index in [1.54, 1.807) is 18.4 Å². The number of hydrogen-bond donors (Lipinski definition) is 1. The fourth-order valence-electron chi connectivity index (χ4n) is 2.58. The summed E-state index contributed by atoms with van der Waals surface area (Å²) >= 11 is 0. The predicted molar refractivity (Wildman–Crippen MR) is 65.3 cm³/mol. The first-order chi connectivity index (χ1) is 8.33. The maximum atomic E-state index is 13.2. The minimum atomic E-state index is -0.207. The second kappa shape index (κ2) is 4.49. The highest BCUT2D eigenvalue weighted by atomic mass is 19.1. The van der Waals surface area contributed by atoms with E-state index in [0.29, 0.717) is 6.04 Å². The third-order valence-corrected chi connectivity index (χ3v) is 3.55. The van der Waals surface area contributed by atoms with Gasteiger partial charge in [0.1, 0.15) is 11.4 Å². The van der Waals surface area contributed by atoms with Crippen molar-refractivity contribution in [2.24, 2.45) is 0 Å². The molecule has 0 amide bonds. The van der Waals surface area contributed by atoms with Crippen molar-refractivity contribution in [3.8, 4) is 0 Å². The van der Waals surface area contributed by atoms with Gasteiger partial charge < -0.3 is 9.73 Å². The summed E-state index contributed by atoms with van der Waals surface area (Å²) in [5.41, 5.74) is 1.81. The lowest BCUT2D eigenvalue weighted by atomic mass is 10.1. The van der Waals surface area contributed by atoms with Crippen LogP contribution in [0.3, 0.4) is 0 Å². The lowest BCUT2D eigenvalue weighted by molar-refractivity contribution is 0.520. The van der Waals surface area contributed by atoms with Crippen LogP contribution in [0.25, 0.3) is 11.0 Å². The maximum absolute atomic E-state index is 13.2. The number of furan rings is 1. The monoisotopic (exact) mass is 233 g/mol. The molecule has 17 heavy (non-hydrogen) atoms. The van der Waals surface area contributed by atoms with E-state index in [-0.39, 0.29) is 5.82 Å². The number of hydrogen-bond acceptors (Lipinski definition) is 2. The van der Waals surface area contributed by atoms with Crippen LogP contribution in [-0.4, -0.2) is 6.04 Å². The van der Waals surface area contributed by atoms with Crippen molar-refractivity contribution in [2.75, 3.05) is 0 Å². The number of fused-ring (bicyclic) bond motifs is 1. The Kier molecular flexibility index (Phi) is 2.85. The van der Waals surface area contributed by atoms with Crippen LogP contribution >= 0.6 is 0 Å². The topological polar surface area (TPSA) is 25.2 Å². The highest BCUT2D eigenvalue weighted by molar-refractivity contribution is 5.80. The number of rotatable bonds is 3. The van der Waals surface area contributed by atoms with Gasteiger partial charge in [-0.05, 0) is 31.0 Å². The van der Waals surface area contributed by atoms with Crippen LogP contribution < -0.4 is 5.32 Å². The highest BCUT2D eigenvalue weighted by Crippen LogP contribution is 2.23. The van der Waals surface area contributed by atoms with Crippen molar-refractivity contribution in [1.82, 2.24) is 5.32 Å². The summed E-state index contributed by atoms with van der Waals surface area (Å²) in [6.07, 6.45) is 6.87. The molecule has 1 aliphatic rings. The molecule has 1 N–H and O–H groups in total. The number of nitrogens with one attached hydrogen (secondary N) is 1. The molecule has 0 saturated heterocycles. The van der Waals surface area contributed by atoms with Gasteiger partial charge in [-0.15, -0.1) is 0 Å². The Hall–Kier alpha value is -1.35. The van der Waals surface area contributed by atoms with Crippen LogP contribution in [0.2, 0.25) is 0 Å². The van der Waals surface area contributed by atoms with E-state index < -0.39 is 0 Å². The van der Waals surface area contributed by atoms with E-state index in [1.165, 1.54) is 31.7 Å². The third kappa shape index (κ3) is 2.20. The second-order valence-corrected chi connectivity index (χ2v) is 4.76. The molecule has 1 saturated carbocycles. The summed E-state index contributed by atoms with van der Waals surface area (Å²) < 4.78 is 18.6. The van der Waals surface area contributed by atoms with E-state index in [9.17, 15) is 4.39 Å². The molecule has 1 fully saturated rings. The fourth-order valence-corrected chi connectivity index (χ4v) is 2.58. The SMILES string of the molecule is Fc1ccc2occ(CNC3CCCC3)c2c1. The Balaban J connectivity index is 1.77. The molecule has 2 nitrogen and oxygen atoms in total. The van der Waals surface area contributed by atoms with Crippen molar-refractivity contribution in [1.29, 1.82) is 0 Å². The Morgan fingerprint density at radius 2 is 2.12 bits per heavy atom. The van der Waals surface area contributed by atoms with Crippen molar-refractivity contribution >= 4 is 11.0 Å². The van der Waals surface area contributed by atoms with Gasteiger partial charge in [-0.1, -0.05) is 12.8 Å². The molecular formula is C14H16FNO. The quantitative estimate of drug-likeness (QED) is 0.876. The van der Waals surface area contributed by atoms with E-state index in [4.69, 9.17) is 4.42 Å². The first-order valence-electron chi connectivity index (χ1n) is 6.22. The molecule has 0 aliphatic heterocycles. The molecule has 0 radical (unpaired) electrons. The molecule has 0 bridgehead atoms. The summed E-state index contributed by atoms with van der Waals surface area (Å²) in [4.78, 5) is 0. The van der Waals surface area contributed by atoms with Gasteiger partial charge in [0.15, 0.2) is 0 Å². The first kappa shape index (κ1) is 10.8. The Morgan fingerprint density at radius 3 is 2.94 bits per heavy atom. The van der Waals surface area contributed by atoms with Crippen LogP contribution in [0, 0.1) is 5.82 Å². The third-order valence-electron chi connectivity index (χ3n) is 3.55. The molecule has 0 atom stereocenters. The van der Waals surface area contributed by atoms with Crippen molar-refractivity contribution in [3.05, 3.63) is 35.8 Å². The van der Waals surface area contributed by atoms with E-state index in [2.05, 4.69) is 5.32 Å². The minimum Gasteiger partial charge on any atom is -0.464 e. The summed E-state index contributed by atoms with van der Waals surface area (Å²) in [6, 6.07) is 5.28. The van der Waals surface area contributed by atoms with Crippen LogP contribution in [-0.2, 0) is 6.54 Å². The van der Waals surface area contributed by atoms with Gasteiger partial charge in [0.25, 0.3) is 0 Å². The van der Waals surface area contributed by atoms with Gasteiger partial charge in [0, 0.05) is 23.5 Å². The molecule has 0 unspecified atom stereocenters. The average Bonchev–Trinajstić information content (AvgIpc) is 2.94. The van der Waals surface area contributed by atoms with Crippen LogP contribution in [0.15, 0.2) is 28.9 Å². The maximum Gasteiger partial charge on any atom is 0.134 e. The fraction of sp³-hybridized carbons (Fsp3) is 0.429. The minimum absolute atomic E-state index is 0.207. The Bertz CT molecular complexity index is 514. The van der Waals surface area contributed by atoms with E-state index in [1.807, 2.05) is 0 Å². The smallest absolute Gasteiger partial charge is 0.134 e. The largest absolute Gasteiger partial charge is 0.464 e. The average molecular weight is 233 g/mol. The standard InChI is InChI=1S/C14H16FNO/c15-11-5-6-14-13(7-11)10(9-17-14)8-16-12-3-1-2-4-12/h5-7,9,12,16H,1-4,8H2. The molecule has 0 spiro atoms. The molecule has 90 valence electrons. The van der Waals surface area contributed by atoms with Crippen LogP contribution in [0.4, 0.5) is 4.39 Å². The number of halogens is 1. The Morgan fingerprint density at radius 1 is 1.29 bits per heavy atom. The molecule has 1 heterocycles. The zero-order valence-electron chi connectivity index (χ0n) is 9.71. The van der Waals surface area contributed by atoms with Gasteiger partial charge >= 0.3 is 0 Å². The summed E-state index contributed by atoms with van der Waals surface area (Å²) in [5.74, 6) is -0.207. The van der Waals surface area contributed by atoms with Gasteiger partial charge in [-0.3, -0.25) is 0 Å². The van der Waals surface area contributed by atoms with Crippen LogP contribution in [0.1, 0.15) is 31.2 Å². The van der Waals surface area contributed by atoms with E-state index in [0.717, 1.165) is 23.1 Å². The van der Waals surface area contributed by atoms with Crippen molar-refractivity contribution in [3.63, 3.8) is 0 Å². The normalized spacial score (nSPS) is 17.0. The molecule has 1 aromatic heterocycles. The summed E-state index contributed by atoms with van der Waals surface area (Å²) in [5, 5.41) is 4.40. The van der Waals surface area contributed by atoms with E-state index >= 15 is 0 Å². The zero-order valence-corrected chi connectivity index (χ0v) is 9.71. The van der Waals surface area contributed by atoms with Gasteiger partial charge in [0.05, 0.1) is 6.26 Å². The van der Waals surface area contributed by atoms with Gasteiger partial charge in [0.2, 0.25) is 0 Å². The lowest BCUT2D eigenvalue weighted by Crippen LogP contribution is -2.25. The van der Waals surface area contributed by atoms with Crippen molar-refractivity contribution in [2.45, 2.75) is 38.3 Å². The lowest BCUT2D eigenvalue weighted by Gasteiger charge is -2.10. The molecule has 2 aromatic rings. The van der Waals surface area contributed by atoms with Gasteiger partial charge in [-0.2, -0.15) is 0 Å². The van der Waals surface area contributed by atoms with Crippen LogP contribution in [0.5, 0.6) is 0 Å². The molecule has 1 aromatic carbocycles. The highest BCUT2D eigenvalue weighted by Gasteiger charge is 2.15.